The van der Waals surface area contributed by atoms with Gasteiger partial charge >= 0.3 is 5.69 Å². The van der Waals surface area contributed by atoms with Crippen LogP contribution in [0, 0.1) is 0 Å². The topological polar surface area (TPSA) is 47.2 Å². The summed E-state index contributed by atoms with van der Waals surface area (Å²) in [5.41, 5.74) is 12.7. The summed E-state index contributed by atoms with van der Waals surface area (Å²) in [6.07, 6.45) is 4.40. The summed E-state index contributed by atoms with van der Waals surface area (Å²) in [6, 6.07) is 48.3. The highest BCUT2D eigenvalue weighted by atomic mass is 16.2. The fourth-order valence-electron chi connectivity index (χ4n) is 9.07. The Morgan fingerprint density at radius 3 is 1.79 bits per heavy atom. The highest BCUT2D eigenvalue weighted by Gasteiger charge is 2.39. The van der Waals surface area contributed by atoms with Crippen LogP contribution >= 0.6 is 0 Å². The van der Waals surface area contributed by atoms with Gasteiger partial charge in [-0.2, -0.15) is 0 Å². The van der Waals surface area contributed by atoms with E-state index in [-0.39, 0.29) is 16.4 Å². The molecule has 6 aromatic carbocycles. The first-order chi connectivity index (χ1) is 27.0. The second-order valence-electron chi connectivity index (χ2n) is 15.8. The van der Waals surface area contributed by atoms with Crippen LogP contribution in [0.25, 0.3) is 39.0 Å². The zero-order valence-electron chi connectivity index (χ0n) is 32.4. The van der Waals surface area contributed by atoms with Gasteiger partial charge < -0.3 is 4.90 Å². The lowest BCUT2D eigenvalue weighted by atomic mass is 9.81. The maximum absolute atomic E-state index is 14.6. The summed E-state index contributed by atoms with van der Waals surface area (Å²) in [6.45, 7) is 16.0. The molecule has 0 fully saturated rings. The highest BCUT2D eigenvalue weighted by Crippen LogP contribution is 2.52. The van der Waals surface area contributed by atoms with E-state index in [1.54, 1.807) is 16.7 Å². The van der Waals surface area contributed by atoms with Gasteiger partial charge in [-0.05, 0) is 112 Å². The molecule has 0 saturated carbocycles. The van der Waals surface area contributed by atoms with Crippen molar-refractivity contribution in [2.24, 2.45) is 0 Å². The Labute approximate surface area is 327 Å². The molecule has 0 spiro atoms. The summed E-state index contributed by atoms with van der Waals surface area (Å²) in [5.74, 6) is 0. The average molecular weight is 730 g/mol. The Kier molecular flexibility index (Phi) is 8.10. The van der Waals surface area contributed by atoms with Gasteiger partial charge in [-0.1, -0.05) is 131 Å². The molecule has 56 heavy (non-hydrogen) atoms. The number of allylic oxidation sites excluding steroid dienone is 4. The fraction of sp³-hybridized carbons (Fsp3) is 0.137. The summed E-state index contributed by atoms with van der Waals surface area (Å²) in [5, 5.41) is 0.414. The molecule has 0 amide bonds. The van der Waals surface area contributed by atoms with E-state index in [4.69, 9.17) is 6.58 Å². The average Bonchev–Trinajstić information content (AvgIpc) is 3.57. The summed E-state index contributed by atoms with van der Waals surface area (Å²) < 4.78 is 2.90. The fourth-order valence-corrected chi connectivity index (χ4v) is 9.07. The summed E-state index contributed by atoms with van der Waals surface area (Å²) in [7, 11) is 0. The van der Waals surface area contributed by atoms with Crippen LogP contribution in [0.2, 0.25) is 0 Å². The molecule has 0 unspecified atom stereocenters. The van der Waals surface area contributed by atoms with Gasteiger partial charge in [0.05, 0.1) is 22.3 Å². The third kappa shape index (κ3) is 5.22. The van der Waals surface area contributed by atoms with Crippen LogP contribution in [0.15, 0.2) is 185 Å². The molecule has 0 radical (unpaired) electrons. The van der Waals surface area contributed by atoms with Crippen molar-refractivity contribution in [2.75, 3.05) is 4.90 Å². The third-order valence-electron chi connectivity index (χ3n) is 11.9. The standard InChI is InChI=1S/C51H43N3O2/c1-7-38-39-22-14-16-24-43(39)50(3,4)45(38)30-33(2)52(37-26-28-41-40-23-15-17-25-44(40)51(5,6)46(41)32-37)36-27-29-47-42(31-36)48(55)54(35-20-12-9-13-21-35)49(56)53(47)34-18-10-8-11-19-34/h7-32H,2H2,1,3-6H3/b38-7-,45-30+. The van der Waals surface area contributed by atoms with Crippen molar-refractivity contribution < 1.29 is 0 Å². The predicted octanol–water partition coefficient (Wildman–Crippen LogP) is 11.4. The monoisotopic (exact) mass is 729 g/mol. The van der Waals surface area contributed by atoms with E-state index in [9.17, 15) is 9.59 Å². The molecule has 0 N–H and O–H groups in total. The number of nitrogens with zero attached hydrogens (tertiary/aromatic N) is 3. The largest absolute Gasteiger partial charge is 0.340 e. The Morgan fingerprint density at radius 1 is 0.589 bits per heavy atom. The van der Waals surface area contributed by atoms with Crippen molar-refractivity contribution in [3.8, 4) is 22.5 Å². The van der Waals surface area contributed by atoms with Crippen LogP contribution in [0.4, 0.5) is 11.4 Å². The number of hydrogen-bond donors (Lipinski definition) is 0. The van der Waals surface area contributed by atoms with Crippen molar-refractivity contribution in [1.82, 2.24) is 9.13 Å². The van der Waals surface area contributed by atoms with Gasteiger partial charge in [0.25, 0.3) is 5.56 Å². The number of benzene rings is 6. The van der Waals surface area contributed by atoms with Crippen molar-refractivity contribution in [3.63, 3.8) is 0 Å². The van der Waals surface area contributed by atoms with Gasteiger partial charge in [0.15, 0.2) is 0 Å². The van der Waals surface area contributed by atoms with Crippen LogP contribution in [0.5, 0.6) is 0 Å². The van der Waals surface area contributed by atoms with E-state index in [1.165, 1.54) is 49.1 Å². The van der Waals surface area contributed by atoms with Gasteiger partial charge in [0.1, 0.15) is 0 Å². The molecular weight excluding hydrogens is 687 g/mol. The number of anilines is 2. The Balaban J connectivity index is 1.29. The Hall–Kier alpha value is -6.72. The minimum atomic E-state index is -0.430. The molecule has 0 saturated heterocycles. The lowest BCUT2D eigenvalue weighted by Crippen LogP contribution is -2.38. The molecule has 1 heterocycles. The second-order valence-corrected chi connectivity index (χ2v) is 15.8. The molecular formula is C51H43N3O2. The van der Waals surface area contributed by atoms with Crippen molar-refractivity contribution in [1.29, 1.82) is 0 Å². The van der Waals surface area contributed by atoms with Crippen LogP contribution in [-0.2, 0) is 10.8 Å². The normalized spacial score (nSPS) is 16.2. The first kappa shape index (κ1) is 35.0. The maximum atomic E-state index is 14.6. The first-order valence-corrected chi connectivity index (χ1v) is 19.2. The Morgan fingerprint density at radius 2 is 1.12 bits per heavy atom. The maximum Gasteiger partial charge on any atom is 0.340 e. The van der Waals surface area contributed by atoms with Gasteiger partial charge in [0.2, 0.25) is 0 Å². The lowest BCUT2D eigenvalue weighted by molar-refractivity contribution is 0.659. The van der Waals surface area contributed by atoms with Crippen LogP contribution < -0.4 is 16.1 Å². The molecule has 1 aromatic heterocycles. The molecule has 2 aliphatic carbocycles. The first-order valence-electron chi connectivity index (χ1n) is 19.2. The van der Waals surface area contributed by atoms with Gasteiger partial charge in [-0.3, -0.25) is 9.36 Å². The zero-order chi connectivity index (χ0) is 38.9. The predicted molar refractivity (Wildman–Crippen MR) is 232 cm³/mol. The van der Waals surface area contributed by atoms with Gasteiger partial charge in [-0.25, -0.2) is 9.36 Å². The van der Waals surface area contributed by atoms with Gasteiger partial charge in [0, 0.05) is 27.9 Å². The SMILES string of the molecule is C=C(/C=C1\C(=C/C)c2ccccc2C1(C)C)N(c1ccc2c(c1)C(C)(C)c1ccccc1-2)c1ccc2c(c1)c(=O)n(-c1ccccc1)c(=O)n2-c1ccccc1. The number of hydrogen-bond acceptors (Lipinski definition) is 3. The smallest absolute Gasteiger partial charge is 0.311 e. The minimum Gasteiger partial charge on any atom is -0.311 e. The molecule has 5 heteroatoms. The number of fused-ring (bicyclic) bond motifs is 5. The number of rotatable bonds is 6. The summed E-state index contributed by atoms with van der Waals surface area (Å²) >= 11 is 0. The molecule has 0 atom stereocenters. The van der Waals surface area contributed by atoms with Gasteiger partial charge in [-0.15, -0.1) is 0 Å². The van der Waals surface area contributed by atoms with Crippen molar-refractivity contribution in [3.05, 3.63) is 219 Å². The third-order valence-corrected chi connectivity index (χ3v) is 11.9. The second kappa shape index (κ2) is 13.0. The molecule has 7 aromatic rings. The van der Waals surface area contributed by atoms with E-state index in [0.717, 1.165) is 17.1 Å². The van der Waals surface area contributed by atoms with Crippen molar-refractivity contribution in [2.45, 2.75) is 45.4 Å². The number of aromatic nitrogens is 2. The van der Waals surface area contributed by atoms with Crippen LogP contribution in [0.3, 0.4) is 0 Å². The molecule has 2 aliphatic rings. The lowest BCUT2D eigenvalue weighted by Gasteiger charge is -2.30. The quantitative estimate of drug-likeness (QED) is 0.171. The molecule has 274 valence electrons. The highest BCUT2D eigenvalue weighted by molar-refractivity contribution is 5.92. The van der Waals surface area contributed by atoms with Crippen molar-refractivity contribution >= 4 is 27.9 Å². The number of para-hydroxylation sites is 2. The zero-order valence-corrected chi connectivity index (χ0v) is 32.4. The van der Waals surface area contributed by atoms with Crippen LogP contribution in [-0.4, -0.2) is 9.13 Å². The van der Waals surface area contributed by atoms with E-state index < -0.39 is 5.69 Å². The van der Waals surface area contributed by atoms with E-state index in [2.05, 4.69) is 118 Å². The van der Waals surface area contributed by atoms with E-state index in [0.29, 0.717) is 22.3 Å². The molecule has 0 aliphatic heterocycles. The molecule has 5 nitrogen and oxygen atoms in total. The molecule has 9 rings (SSSR count). The van der Waals surface area contributed by atoms with E-state index in [1.807, 2.05) is 66.7 Å². The van der Waals surface area contributed by atoms with E-state index >= 15 is 0 Å². The molecule has 0 bridgehead atoms. The summed E-state index contributed by atoms with van der Waals surface area (Å²) in [4.78, 5) is 31.1. The van der Waals surface area contributed by atoms with Crippen LogP contribution in [0.1, 0.15) is 56.9 Å². The Bertz CT molecular complexity index is 2930. The minimum absolute atomic E-state index is 0.223.